The lowest BCUT2D eigenvalue weighted by Crippen LogP contribution is -2.49. The number of aryl methyl sites for hydroxylation is 1. The van der Waals surface area contributed by atoms with E-state index in [-0.39, 0.29) is 0 Å². The fourth-order valence-corrected chi connectivity index (χ4v) is 3.54. The second-order valence-electron chi connectivity index (χ2n) is 6.65. The second-order valence-corrected chi connectivity index (χ2v) is 6.65. The molecule has 2 fully saturated rings. The molecule has 1 unspecified atom stereocenters. The molecule has 2 heterocycles. The Kier molecular flexibility index (Phi) is 4.67. The molecule has 3 rings (SSSR count). The molecule has 0 aliphatic carbocycles. The van der Waals surface area contributed by atoms with Crippen LogP contribution in [0.15, 0.2) is 18.2 Å². The first-order chi connectivity index (χ1) is 10.6. The molecule has 1 N–H and O–H groups in total. The van der Waals surface area contributed by atoms with Crippen LogP contribution in [-0.4, -0.2) is 50.1 Å². The highest BCUT2D eigenvalue weighted by Gasteiger charge is 2.25. The van der Waals surface area contributed by atoms with Gasteiger partial charge in [-0.3, -0.25) is 4.79 Å². The van der Waals surface area contributed by atoms with Gasteiger partial charge in [0.25, 0.3) is 0 Å². The number of amides is 1. The Morgan fingerprint density at radius 3 is 2.68 bits per heavy atom. The summed E-state index contributed by atoms with van der Waals surface area (Å²) in [4.78, 5) is 16.9. The summed E-state index contributed by atoms with van der Waals surface area (Å²) in [7, 11) is 0. The van der Waals surface area contributed by atoms with Crippen LogP contribution in [0.3, 0.4) is 0 Å². The average molecular weight is 301 g/mol. The number of rotatable bonds is 3. The van der Waals surface area contributed by atoms with E-state index < -0.39 is 0 Å². The van der Waals surface area contributed by atoms with E-state index in [4.69, 9.17) is 0 Å². The lowest BCUT2D eigenvalue weighted by Gasteiger charge is -2.37. The molecule has 0 bridgehead atoms. The van der Waals surface area contributed by atoms with Gasteiger partial charge in [0.15, 0.2) is 0 Å². The van der Waals surface area contributed by atoms with Crippen molar-refractivity contribution in [2.75, 3.05) is 44.2 Å². The van der Waals surface area contributed by atoms with Crippen LogP contribution in [-0.2, 0) is 4.79 Å². The summed E-state index contributed by atoms with van der Waals surface area (Å²) >= 11 is 0. The van der Waals surface area contributed by atoms with E-state index in [0.29, 0.717) is 11.8 Å². The van der Waals surface area contributed by atoms with Gasteiger partial charge >= 0.3 is 0 Å². The first kappa shape index (κ1) is 15.3. The Balaban J connectivity index is 1.55. The molecule has 2 saturated heterocycles. The quantitative estimate of drug-likeness (QED) is 0.927. The summed E-state index contributed by atoms with van der Waals surface area (Å²) in [6.45, 7) is 10.0. The van der Waals surface area contributed by atoms with Crippen LogP contribution in [0.2, 0.25) is 0 Å². The maximum absolute atomic E-state index is 12.4. The van der Waals surface area contributed by atoms with E-state index in [9.17, 15) is 4.79 Å². The molecule has 2 aliphatic heterocycles. The van der Waals surface area contributed by atoms with Crippen LogP contribution in [0.4, 0.5) is 5.69 Å². The third-order valence-electron chi connectivity index (χ3n) is 5.17. The Morgan fingerprint density at radius 1 is 1.23 bits per heavy atom. The molecule has 0 spiro atoms. The van der Waals surface area contributed by atoms with Crippen molar-refractivity contribution in [3.05, 3.63) is 29.3 Å². The van der Waals surface area contributed by atoms with E-state index in [1.54, 1.807) is 0 Å². The van der Waals surface area contributed by atoms with Crippen LogP contribution in [0.5, 0.6) is 0 Å². The normalized spacial score (nSPS) is 22.2. The van der Waals surface area contributed by atoms with E-state index in [2.05, 4.69) is 47.2 Å². The second kappa shape index (κ2) is 6.69. The number of carbonyl (C=O) groups excluding carboxylic acids is 1. The fourth-order valence-electron chi connectivity index (χ4n) is 3.54. The molecule has 1 aromatic carbocycles. The minimum absolute atomic E-state index is 0.342. The van der Waals surface area contributed by atoms with Gasteiger partial charge in [0.05, 0.1) is 0 Å². The number of hydrogen-bond donors (Lipinski definition) is 1. The molecule has 2 aliphatic rings. The van der Waals surface area contributed by atoms with Crippen molar-refractivity contribution in [2.45, 2.75) is 26.7 Å². The van der Waals surface area contributed by atoms with Crippen LogP contribution in [0, 0.1) is 19.8 Å². The molecule has 0 saturated carbocycles. The van der Waals surface area contributed by atoms with Crippen LogP contribution in [0.1, 0.15) is 24.0 Å². The van der Waals surface area contributed by atoms with Gasteiger partial charge in [-0.2, -0.15) is 0 Å². The van der Waals surface area contributed by atoms with E-state index in [1.165, 1.54) is 16.8 Å². The monoisotopic (exact) mass is 301 g/mol. The van der Waals surface area contributed by atoms with Gasteiger partial charge in [0.2, 0.25) is 5.91 Å². The molecule has 0 radical (unpaired) electrons. The summed E-state index contributed by atoms with van der Waals surface area (Å²) < 4.78 is 0. The standard InChI is InChI=1S/C18H27N3O/c1-14-4-3-5-17(15(14)2)20-8-10-21(11-9-20)18(22)12-16-6-7-19-13-16/h3-5,16,19H,6-13H2,1-2H3. The highest BCUT2D eigenvalue weighted by molar-refractivity contribution is 5.77. The van der Waals surface area contributed by atoms with Crippen molar-refractivity contribution >= 4 is 11.6 Å². The summed E-state index contributed by atoms with van der Waals surface area (Å²) in [5.41, 5.74) is 4.02. The maximum atomic E-state index is 12.4. The summed E-state index contributed by atoms with van der Waals surface area (Å²) in [5, 5.41) is 3.34. The Labute approximate surface area is 133 Å². The smallest absolute Gasteiger partial charge is 0.223 e. The fraction of sp³-hybridized carbons (Fsp3) is 0.611. The van der Waals surface area contributed by atoms with Crippen molar-refractivity contribution < 1.29 is 4.79 Å². The van der Waals surface area contributed by atoms with Gasteiger partial charge in [-0.1, -0.05) is 12.1 Å². The lowest BCUT2D eigenvalue weighted by atomic mass is 10.0. The molecule has 0 aromatic heterocycles. The highest BCUT2D eigenvalue weighted by Crippen LogP contribution is 2.24. The van der Waals surface area contributed by atoms with E-state index >= 15 is 0 Å². The molecule has 120 valence electrons. The van der Waals surface area contributed by atoms with Gasteiger partial charge in [0.1, 0.15) is 0 Å². The summed E-state index contributed by atoms with van der Waals surface area (Å²) in [5.74, 6) is 0.888. The number of carbonyl (C=O) groups is 1. The molecular formula is C18H27N3O. The van der Waals surface area contributed by atoms with Gasteiger partial charge in [-0.05, 0) is 56.5 Å². The minimum Gasteiger partial charge on any atom is -0.368 e. The Hall–Kier alpha value is -1.55. The van der Waals surface area contributed by atoms with Crippen molar-refractivity contribution in [1.82, 2.24) is 10.2 Å². The Bertz CT molecular complexity index is 529. The first-order valence-corrected chi connectivity index (χ1v) is 8.45. The minimum atomic E-state index is 0.342. The number of hydrogen-bond acceptors (Lipinski definition) is 3. The number of nitrogens with zero attached hydrogens (tertiary/aromatic N) is 2. The van der Waals surface area contributed by atoms with Crippen molar-refractivity contribution in [2.24, 2.45) is 5.92 Å². The van der Waals surface area contributed by atoms with Crippen molar-refractivity contribution in [1.29, 1.82) is 0 Å². The lowest BCUT2D eigenvalue weighted by molar-refractivity contribution is -0.132. The largest absolute Gasteiger partial charge is 0.368 e. The zero-order valence-electron chi connectivity index (χ0n) is 13.8. The van der Waals surface area contributed by atoms with Gasteiger partial charge < -0.3 is 15.1 Å². The van der Waals surface area contributed by atoms with Crippen molar-refractivity contribution in [3.63, 3.8) is 0 Å². The molecule has 4 heteroatoms. The van der Waals surface area contributed by atoms with Crippen molar-refractivity contribution in [3.8, 4) is 0 Å². The van der Waals surface area contributed by atoms with Crippen LogP contribution in [0.25, 0.3) is 0 Å². The molecule has 1 atom stereocenters. The van der Waals surface area contributed by atoms with Gasteiger partial charge in [0, 0.05) is 38.3 Å². The van der Waals surface area contributed by atoms with Gasteiger partial charge in [-0.15, -0.1) is 0 Å². The third kappa shape index (κ3) is 3.27. The zero-order valence-corrected chi connectivity index (χ0v) is 13.8. The molecule has 1 amide bonds. The predicted molar refractivity (Wildman–Crippen MR) is 90.3 cm³/mol. The molecule has 22 heavy (non-hydrogen) atoms. The topological polar surface area (TPSA) is 35.6 Å². The number of piperazine rings is 1. The average Bonchev–Trinajstić information content (AvgIpc) is 3.03. The summed E-state index contributed by atoms with van der Waals surface area (Å²) in [6, 6.07) is 6.49. The summed E-state index contributed by atoms with van der Waals surface area (Å²) in [6.07, 6.45) is 1.87. The molecule has 1 aromatic rings. The Morgan fingerprint density at radius 2 is 2.00 bits per heavy atom. The maximum Gasteiger partial charge on any atom is 0.223 e. The molecular weight excluding hydrogens is 274 g/mol. The number of anilines is 1. The predicted octanol–water partition coefficient (Wildman–Crippen LogP) is 1.95. The number of nitrogens with one attached hydrogen (secondary N) is 1. The van der Waals surface area contributed by atoms with Crippen LogP contribution >= 0.6 is 0 Å². The van der Waals surface area contributed by atoms with Crippen LogP contribution < -0.4 is 10.2 Å². The highest BCUT2D eigenvalue weighted by atomic mass is 16.2. The first-order valence-electron chi connectivity index (χ1n) is 8.45. The third-order valence-corrected chi connectivity index (χ3v) is 5.17. The van der Waals surface area contributed by atoms with E-state index in [1.807, 2.05) is 0 Å². The zero-order chi connectivity index (χ0) is 15.5. The number of benzene rings is 1. The van der Waals surface area contributed by atoms with Gasteiger partial charge in [-0.25, -0.2) is 0 Å². The SMILES string of the molecule is Cc1cccc(N2CCN(C(=O)CC3CCNC3)CC2)c1C. The van der Waals surface area contributed by atoms with E-state index in [0.717, 1.165) is 52.1 Å². The molecule has 4 nitrogen and oxygen atoms in total.